The summed E-state index contributed by atoms with van der Waals surface area (Å²) in [5, 5.41) is 9.57. The molecule has 0 unspecified atom stereocenters. The number of pyridine rings is 1. The monoisotopic (exact) mass is 336 g/mol. The third kappa shape index (κ3) is 3.16. The topological polar surface area (TPSA) is 54.2 Å². The zero-order chi connectivity index (χ0) is 17.2. The highest BCUT2D eigenvalue weighted by Crippen LogP contribution is 2.28. The lowest BCUT2D eigenvalue weighted by molar-refractivity contribution is 0.0342. The van der Waals surface area contributed by atoms with E-state index in [-0.39, 0.29) is 0 Å². The van der Waals surface area contributed by atoms with E-state index in [1.165, 1.54) is 5.56 Å². The van der Waals surface area contributed by atoms with Gasteiger partial charge < -0.3 is 14.2 Å². The van der Waals surface area contributed by atoms with Crippen molar-refractivity contribution in [3.63, 3.8) is 0 Å². The number of hydrogen-bond donors (Lipinski definition) is 1. The second-order valence-electron chi connectivity index (χ2n) is 6.29. The minimum absolute atomic E-state index is 0.326. The largest absolute Gasteiger partial charge is 0.478 e. The number of aromatic carboxylic acids is 1. The van der Waals surface area contributed by atoms with Gasteiger partial charge in [-0.15, -0.1) is 0 Å². The van der Waals surface area contributed by atoms with Crippen LogP contribution in [0.15, 0.2) is 54.7 Å². The molecule has 128 valence electrons. The Morgan fingerprint density at radius 2 is 1.84 bits per heavy atom. The van der Waals surface area contributed by atoms with Gasteiger partial charge in [-0.2, -0.15) is 0 Å². The Kier molecular flexibility index (Phi) is 4.26. The molecule has 2 aromatic heterocycles. The number of fused-ring (bicyclic) bond motifs is 1. The zero-order valence-corrected chi connectivity index (χ0v) is 13.9. The van der Waals surface area contributed by atoms with Crippen molar-refractivity contribution in [2.24, 2.45) is 0 Å². The second kappa shape index (κ2) is 6.70. The maximum absolute atomic E-state index is 11.7. The van der Waals surface area contributed by atoms with Crippen molar-refractivity contribution in [3.8, 4) is 11.3 Å². The summed E-state index contributed by atoms with van der Waals surface area (Å²) in [6.07, 6.45) is 1.90. The number of rotatable bonds is 4. The molecule has 0 aliphatic carbocycles. The van der Waals surface area contributed by atoms with Gasteiger partial charge >= 0.3 is 5.97 Å². The van der Waals surface area contributed by atoms with E-state index < -0.39 is 5.97 Å². The summed E-state index contributed by atoms with van der Waals surface area (Å²) in [7, 11) is 0. The van der Waals surface area contributed by atoms with E-state index in [0.29, 0.717) is 5.56 Å². The lowest BCUT2D eigenvalue weighted by Gasteiger charge is -2.26. The summed E-state index contributed by atoms with van der Waals surface area (Å²) < 4.78 is 7.31. The van der Waals surface area contributed by atoms with Crippen LogP contribution in [0.25, 0.3) is 16.8 Å². The van der Waals surface area contributed by atoms with Crippen LogP contribution in [0.4, 0.5) is 0 Å². The molecule has 1 aliphatic heterocycles. The van der Waals surface area contributed by atoms with Crippen LogP contribution in [-0.2, 0) is 11.3 Å². The van der Waals surface area contributed by atoms with Crippen LogP contribution >= 0.6 is 0 Å². The van der Waals surface area contributed by atoms with Gasteiger partial charge in [0.05, 0.1) is 24.5 Å². The summed E-state index contributed by atoms with van der Waals surface area (Å²) in [6.45, 7) is 4.37. The molecule has 3 heterocycles. The van der Waals surface area contributed by atoms with Crippen molar-refractivity contribution < 1.29 is 14.6 Å². The summed E-state index contributed by atoms with van der Waals surface area (Å²) in [5.41, 5.74) is 4.07. The third-order valence-corrected chi connectivity index (χ3v) is 4.65. The van der Waals surface area contributed by atoms with Crippen molar-refractivity contribution in [2.45, 2.75) is 6.54 Å². The van der Waals surface area contributed by atoms with Gasteiger partial charge in [0, 0.05) is 31.3 Å². The molecular weight excluding hydrogens is 316 g/mol. The predicted molar refractivity (Wildman–Crippen MR) is 95.9 cm³/mol. The first-order chi connectivity index (χ1) is 12.2. The number of aromatic nitrogens is 1. The molecule has 1 saturated heterocycles. The predicted octanol–water partition coefficient (Wildman–Crippen LogP) is 3.14. The van der Waals surface area contributed by atoms with E-state index in [4.69, 9.17) is 4.74 Å². The second-order valence-corrected chi connectivity index (χ2v) is 6.29. The Hall–Kier alpha value is -2.63. The van der Waals surface area contributed by atoms with Crippen LogP contribution in [-0.4, -0.2) is 46.7 Å². The molecule has 1 aromatic carbocycles. The molecule has 5 nitrogen and oxygen atoms in total. The summed E-state index contributed by atoms with van der Waals surface area (Å²) in [5.74, 6) is -0.906. The first kappa shape index (κ1) is 15.9. The highest BCUT2D eigenvalue weighted by Gasteiger charge is 2.17. The van der Waals surface area contributed by atoms with Crippen LogP contribution < -0.4 is 0 Å². The molecule has 0 radical (unpaired) electrons. The lowest BCUT2D eigenvalue weighted by atomic mass is 10.1. The Labute approximate surface area is 146 Å². The Balaban J connectivity index is 1.67. The van der Waals surface area contributed by atoms with Crippen LogP contribution in [0.1, 0.15) is 15.9 Å². The van der Waals surface area contributed by atoms with E-state index in [9.17, 15) is 9.90 Å². The zero-order valence-electron chi connectivity index (χ0n) is 13.9. The third-order valence-electron chi connectivity index (χ3n) is 4.65. The van der Waals surface area contributed by atoms with Gasteiger partial charge in [0.15, 0.2) is 0 Å². The number of carbonyl (C=O) groups is 1. The maximum Gasteiger partial charge on any atom is 0.337 e. The van der Waals surface area contributed by atoms with Crippen molar-refractivity contribution in [2.75, 3.05) is 26.3 Å². The van der Waals surface area contributed by atoms with Crippen LogP contribution in [0.5, 0.6) is 0 Å². The quantitative estimate of drug-likeness (QED) is 0.795. The molecule has 0 amide bonds. The van der Waals surface area contributed by atoms with Crippen molar-refractivity contribution >= 4 is 11.5 Å². The molecule has 1 N–H and O–H groups in total. The molecule has 0 bridgehead atoms. The van der Waals surface area contributed by atoms with Gasteiger partial charge in [-0.25, -0.2) is 4.79 Å². The normalized spacial score (nSPS) is 15.5. The minimum Gasteiger partial charge on any atom is -0.478 e. The highest BCUT2D eigenvalue weighted by atomic mass is 16.5. The number of carboxylic acids is 1. The van der Waals surface area contributed by atoms with Crippen molar-refractivity contribution in [1.29, 1.82) is 0 Å². The van der Waals surface area contributed by atoms with Gasteiger partial charge in [0.2, 0.25) is 0 Å². The molecule has 4 rings (SSSR count). The summed E-state index contributed by atoms with van der Waals surface area (Å²) in [4.78, 5) is 14.0. The Morgan fingerprint density at radius 3 is 2.56 bits per heavy atom. The molecule has 1 aliphatic rings. The Morgan fingerprint density at radius 1 is 1.08 bits per heavy atom. The Bertz CT molecular complexity index is 893. The molecule has 25 heavy (non-hydrogen) atoms. The van der Waals surface area contributed by atoms with Gasteiger partial charge in [0.25, 0.3) is 0 Å². The standard InChI is InChI=1S/C20H20N2O3/c23-20(24)18-13-17-3-1-2-8-22(17)19(18)16-6-4-15(5-7-16)14-21-9-11-25-12-10-21/h1-8,13H,9-12,14H2,(H,23,24). The molecule has 0 saturated carbocycles. The van der Waals surface area contributed by atoms with Crippen LogP contribution in [0, 0.1) is 0 Å². The van der Waals surface area contributed by atoms with E-state index in [2.05, 4.69) is 17.0 Å². The van der Waals surface area contributed by atoms with Crippen LogP contribution in [0.2, 0.25) is 0 Å². The van der Waals surface area contributed by atoms with Gasteiger partial charge in [-0.1, -0.05) is 30.3 Å². The fraction of sp³-hybridized carbons (Fsp3) is 0.250. The summed E-state index contributed by atoms with van der Waals surface area (Å²) >= 11 is 0. The minimum atomic E-state index is -0.906. The number of nitrogens with zero attached hydrogens (tertiary/aromatic N) is 2. The maximum atomic E-state index is 11.7. The number of ether oxygens (including phenoxy) is 1. The fourth-order valence-electron chi connectivity index (χ4n) is 3.37. The number of carboxylic acid groups (broad SMARTS) is 1. The number of benzene rings is 1. The molecule has 5 heteroatoms. The average molecular weight is 336 g/mol. The van der Waals surface area contributed by atoms with Gasteiger partial charge in [-0.05, 0) is 29.3 Å². The number of hydrogen-bond acceptors (Lipinski definition) is 3. The molecular formula is C20H20N2O3. The van der Waals surface area contributed by atoms with E-state index in [1.54, 1.807) is 6.07 Å². The first-order valence-corrected chi connectivity index (χ1v) is 8.45. The molecule has 0 spiro atoms. The fourth-order valence-corrected chi connectivity index (χ4v) is 3.37. The molecule has 0 atom stereocenters. The van der Waals surface area contributed by atoms with E-state index in [0.717, 1.165) is 49.6 Å². The van der Waals surface area contributed by atoms with Gasteiger partial charge in [0.1, 0.15) is 0 Å². The lowest BCUT2D eigenvalue weighted by Crippen LogP contribution is -2.35. The van der Waals surface area contributed by atoms with Gasteiger partial charge in [-0.3, -0.25) is 4.90 Å². The smallest absolute Gasteiger partial charge is 0.337 e. The highest BCUT2D eigenvalue weighted by molar-refractivity contribution is 5.97. The van der Waals surface area contributed by atoms with Crippen molar-refractivity contribution in [1.82, 2.24) is 9.30 Å². The summed E-state index contributed by atoms with van der Waals surface area (Å²) in [6, 6.07) is 15.7. The van der Waals surface area contributed by atoms with E-state index >= 15 is 0 Å². The SMILES string of the molecule is O=C(O)c1cc2ccccn2c1-c1ccc(CN2CCOCC2)cc1. The van der Waals surface area contributed by atoms with Crippen LogP contribution in [0.3, 0.4) is 0 Å². The molecule has 1 fully saturated rings. The number of morpholine rings is 1. The first-order valence-electron chi connectivity index (χ1n) is 8.45. The molecule has 3 aromatic rings. The van der Waals surface area contributed by atoms with Crippen molar-refractivity contribution in [3.05, 3.63) is 65.9 Å². The average Bonchev–Trinajstić information content (AvgIpc) is 3.03. The van der Waals surface area contributed by atoms with E-state index in [1.807, 2.05) is 40.9 Å².